The Kier molecular flexibility index (Phi) is 4.24. The summed E-state index contributed by atoms with van der Waals surface area (Å²) in [5.74, 6) is 1.48. The second-order valence-electron chi connectivity index (χ2n) is 5.01. The summed E-state index contributed by atoms with van der Waals surface area (Å²) >= 11 is 0. The fourth-order valence-corrected chi connectivity index (χ4v) is 2.44. The van der Waals surface area contributed by atoms with Crippen LogP contribution < -0.4 is 10.1 Å². The molecule has 0 heterocycles. The smallest absolute Gasteiger partial charge is 0.119 e. The van der Waals surface area contributed by atoms with Gasteiger partial charge in [-0.05, 0) is 57.2 Å². The highest BCUT2D eigenvalue weighted by molar-refractivity contribution is 5.76. The molecule has 1 aromatic rings. The van der Waals surface area contributed by atoms with Gasteiger partial charge in [-0.2, -0.15) is 0 Å². The van der Waals surface area contributed by atoms with Gasteiger partial charge < -0.3 is 10.1 Å². The number of amidine groups is 1. The van der Waals surface area contributed by atoms with Crippen LogP contribution in [0.3, 0.4) is 0 Å². The van der Waals surface area contributed by atoms with Gasteiger partial charge >= 0.3 is 0 Å². The highest BCUT2D eigenvalue weighted by Crippen LogP contribution is 2.24. The van der Waals surface area contributed by atoms with E-state index in [0.717, 1.165) is 37.0 Å². The molecule has 1 aliphatic rings. The molecule has 1 fully saturated rings. The van der Waals surface area contributed by atoms with Crippen LogP contribution in [0, 0.1) is 12.3 Å². The molecule has 0 amide bonds. The fraction of sp³-hybridized carbons (Fsp3) is 0.467. The first-order valence-electron chi connectivity index (χ1n) is 6.54. The summed E-state index contributed by atoms with van der Waals surface area (Å²) in [6, 6.07) is 8.36. The summed E-state index contributed by atoms with van der Waals surface area (Å²) in [6.07, 6.45) is 4.55. The zero-order valence-electron chi connectivity index (χ0n) is 10.9. The molecule has 0 unspecified atom stereocenters. The predicted octanol–water partition coefficient (Wildman–Crippen LogP) is 3.15. The van der Waals surface area contributed by atoms with Crippen LogP contribution in [-0.2, 0) is 0 Å². The van der Waals surface area contributed by atoms with Crippen molar-refractivity contribution in [1.82, 2.24) is 5.32 Å². The number of nitrogens with one attached hydrogen (secondary N) is 2. The molecule has 0 bridgehead atoms. The molecule has 0 aromatic heterocycles. The molecule has 3 heteroatoms. The van der Waals surface area contributed by atoms with Crippen molar-refractivity contribution in [1.29, 1.82) is 5.41 Å². The standard InChI is InChI=1S/C15H21N2O/c1-11-4-3-5-15(10-11)18-14-8-6-13(7-9-14)17-12(2)16/h3-5,10,13-14H,1,6-9H2,2H3,(H2,16,17). The summed E-state index contributed by atoms with van der Waals surface area (Å²) < 4.78 is 5.97. The molecule has 97 valence electrons. The largest absolute Gasteiger partial charge is 0.490 e. The molecule has 0 atom stereocenters. The summed E-state index contributed by atoms with van der Waals surface area (Å²) in [5, 5.41) is 10.6. The molecule has 3 nitrogen and oxygen atoms in total. The van der Waals surface area contributed by atoms with E-state index in [1.54, 1.807) is 6.92 Å². The van der Waals surface area contributed by atoms with E-state index in [9.17, 15) is 0 Å². The van der Waals surface area contributed by atoms with Crippen molar-refractivity contribution in [3.05, 3.63) is 36.8 Å². The Bertz CT molecular complexity index is 409. The topological polar surface area (TPSA) is 45.1 Å². The fourth-order valence-electron chi connectivity index (χ4n) is 2.44. The molecule has 2 N–H and O–H groups in total. The highest BCUT2D eigenvalue weighted by Gasteiger charge is 2.22. The van der Waals surface area contributed by atoms with Crippen molar-refractivity contribution in [3.63, 3.8) is 0 Å². The monoisotopic (exact) mass is 245 g/mol. The van der Waals surface area contributed by atoms with Gasteiger partial charge in [-0.15, -0.1) is 0 Å². The molecule has 0 spiro atoms. The van der Waals surface area contributed by atoms with Crippen LogP contribution in [0.25, 0.3) is 0 Å². The SMILES string of the molecule is [CH2]c1cccc(OC2CCC(NC(C)=N)CC2)c1. The summed E-state index contributed by atoms with van der Waals surface area (Å²) in [5.41, 5.74) is 0.988. The van der Waals surface area contributed by atoms with Gasteiger partial charge in [0, 0.05) is 6.04 Å². The van der Waals surface area contributed by atoms with E-state index >= 15 is 0 Å². The summed E-state index contributed by atoms with van der Waals surface area (Å²) in [7, 11) is 0. The van der Waals surface area contributed by atoms with Crippen molar-refractivity contribution < 1.29 is 4.74 Å². The average molecular weight is 245 g/mol. The lowest BCUT2D eigenvalue weighted by atomic mass is 9.93. The predicted molar refractivity (Wildman–Crippen MR) is 74.1 cm³/mol. The molecule has 2 rings (SSSR count). The van der Waals surface area contributed by atoms with Crippen LogP contribution in [0.2, 0.25) is 0 Å². The molecular weight excluding hydrogens is 224 g/mol. The molecule has 1 radical (unpaired) electrons. The van der Waals surface area contributed by atoms with Crippen molar-refractivity contribution in [2.75, 3.05) is 0 Å². The highest BCUT2D eigenvalue weighted by atomic mass is 16.5. The maximum atomic E-state index is 7.43. The first-order chi connectivity index (χ1) is 8.63. The first kappa shape index (κ1) is 12.9. The second kappa shape index (κ2) is 5.89. The van der Waals surface area contributed by atoms with Crippen molar-refractivity contribution in [2.24, 2.45) is 0 Å². The third-order valence-electron chi connectivity index (χ3n) is 3.30. The van der Waals surface area contributed by atoms with E-state index in [2.05, 4.69) is 12.2 Å². The van der Waals surface area contributed by atoms with Gasteiger partial charge in [0.1, 0.15) is 5.75 Å². The third-order valence-corrected chi connectivity index (χ3v) is 3.30. The molecule has 1 saturated carbocycles. The molecule has 0 saturated heterocycles. The molecule has 1 aliphatic carbocycles. The van der Waals surface area contributed by atoms with E-state index in [-0.39, 0.29) is 0 Å². The Morgan fingerprint density at radius 1 is 1.33 bits per heavy atom. The quantitative estimate of drug-likeness (QED) is 0.634. The Morgan fingerprint density at radius 2 is 2.06 bits per heavy atom. The van der Waals surface area contributed by atoms with Crippen LogP contribution in [0.4, 0.5) is 0 Å². The summed E-state index contributed by atoms with van der Waals surface area (Å²) in [6.45, 7) is 5.70. The molecule has 18 heavy (non-hydrogen) atoms. The van der Waals surface area contributed by atoms with Crippen molar-refractivity contribution in [3.8, 4) is 5.75 Å². The van der Waals surface area contributed by atoms with Gasteiger partial charge in [-0.3, -0.25) is 5.41 Å². The van der Waals surface area contributed by atoms with E-state index in [0.29, 0.717) is 18.0 Å². The number of rotatable bonds is 3. The van der Waals surface area contributed by atoms with E-state index in [1.807, 2.05) is 24.3 Å². The van der Waals surface area contributed by atoms with Gasteiger partial charge in [0.25, 0.3) is 0 Å². The Balaban J connectivity index is 1.81. The minimum atomic E-state index is 0.302. The van der Waals surface area contributed by atoms with Gasteiger partial charge in [0.15, 0.2) is 0 Å². The minimum absolute atomic E-state index is 0.302. The maximum absolute atomic E-state index is 7.43. The van der Waals surface area contributed by atoms with Crippen LogP contribution >= 0.6 is 0 Å². The van der Waals surface area contributed by atoms with E-state index in [1.165, 1.54) is 0 Å². The van der Waals surface area contributed by atoms with Gasteiger partial charge in [-0.25, -0.2) is 0 Å². The third kappa shape index (κ3) is 3.76. The normalized spacial score (nSPS) is 23.4. The Morgan fingerprint density at radius 3 is 2.67 bits per heavy atom. The number of benzene rings is 1. The van der Waals surface area contributed by atoms with Crippen LogP contribution in [-0.4, -0.2) is 18.0 Å². The minimum Gasteiger partial charge on any atom is -0.490 e. The molecule has 0 aliphatic heterocycles. The lowest BCUT2D eigenvalue weighted by Crippen LogP contribution is -2.38. The average Bonchev–Trinajstić information content (AvgIpc) is 2.31. The van der Waals surface area contributed by atoms with Gasteiger partial charge in [-0.1, -0.05) is 12.1 Å². The van der Waals surface area contributed by atoms with Crippen LogP contribution in [0.15, 0.2) is 24.3 Å². The van der Waals surface area contributed by atoms with E-state index < -0.39 is 0 Å². The zero-order valence-corrected chi connectivity index (χ0v) is 10.9. The number of hydrogen-bond donors (Lipinski definition) is 2. The maximum Gasteiger partial charge on any atom is 0.119 e. The summed E-state index contributed by atoms with van der Waals surface area (Å²) in [4.78, 5) is 0. The number of ether oxygens (including phenoxy) is 1. The van der Waals surface area contributed by atoms with Crippen molar-refractivity contribution in [2.45, 2.75) is 44.8 Å². The number of hydrogen-bond acceptors (Lipinski definition) is 2. The Labute approximate surface area is 109 Å². The van der Waals surface area contributed by atoms with Crippen molar-refractivity contribution >= 4 is 5.84 Å². The van der Waals surface area contributed by atoms with Gasteiger partial charge in [0.05, 0.1) is 11.9 Å². The first-order valence-corrected chi connectivity index (χ1v) is 6.54. The van der Waals surface area contributed by atoms with E-state index in [4.69, 9.17) is 10.1 Å². The second-order valence-corrected chi connectivity index (χ2v) is 5.01. The lowest BCUT2D eigenvalue weighted by molar-refractivity contribution is 0.143. The van der Waals surface area contributed by atoms with Crippen LogP contribution in [0.5, 0.6) is 5.75 Å². The molecule has 1 aromatic carbocycles. The van der Waals surface area contributed by atoms with Crippen LogP contribution in [0.1, 0.15) is 38.2 Å². The zero-order chi connectivity index (χ0) is 13.0. The van der Waals surface area contributed by atoms with Gasteiger partial charge in [0.2, 0.25) is 0 Å². The Hall–Kier alpha value is -1.51. The molecular formula is C15H21N2O. The lowest BCUT2D eigenvalue weighted by Gasteiger charge is -2.29.